The predicted molar refractivity (Wildman–Crippen MR) is 103 cm³/mol. The molecule has 9 nitrogen and oxygen atoms in total. The molecule has 1 N–H and O–H groups in total. The Bertz CT molecular complexity index is 875. The smallest absolute Gasteiger partial charge is 0.356 e. The van der Waals surface area contributed by atoms with Crippen molar-refractivity contribution in [3.8, 4) is 0 Å². The average Bonchev–Trinajstić information content (AvgIpc) is 3.14. The van der Waals surface area contributed by atoms with Gasteiger partial charge in [-0.15, -0.1) is 5.10 Å². The van der Waals surface area contributed by atoms with Crippen molar-refractivity contribution in [1.82, 2.24) is 30.1 Å². The number of esters is 1. The second-order valence-electron chi connectivity index (χ2n) is 8.69. The first-order valence-electron chi connectivity index (χ1n) is 10.4. The summed E-state index contributed by atoms with van der Waals surface area (Å²) in [4.78, 5) is 14.3. The monoisotopic (exact) mass is 400 g/mol. The highest BCUT2D eigenvalue weighted by Gasteiger charge is 2.44. The third-order valence-electron chi connectivity index (χ3n) is 6.83. The number of aromatic nitrogens is 5. The van der Waals surface area contributed by atoms with Crippen LogP contribution in [0.25, 0.3) is 0 Å². The highest BCUT2D eigenvalue weighted by Crippen LogP contribution is 2.44. The Hall–Kier alpha value is -2.26. The second kappa shape index (κ2) is 7.53. The molecule has 0 bridgehead atoms. The maximum atomic E-state index is 11.9. The van der Waals surface area contributed by atoms with Crippen molar-refractivity contribution in [2.45, 2.75) is 50.3 Å². The number of likely N-dealkylation sites (tertiary alicyclic amines) is 1. The largest absolute Gasteiger partial charge is 0.464 e. The van der Waals surface area contributed by atoms with Crippen LogP contribution in [0, 0.1) is 11.8 Å². The van der Waals surface area contributed by atoms with Gasteiger partial charge in [0.05, 0.1) is 31.1 Å². The Morgan fingerprint density at radius 2 is 2.03 bits per heavy atom. The molecule has 3 aliphatic rings. The van der Waals surface area contributed by atoms with Crippen LogP contribution in [-0.4, -0.2) is 69.5 Å². The molecule has 0 amide bonds. The van der Waals surface area contributed by atoms with E-state index in [1.54, 1.807) is 13.3 Å². The Morgan fingerprint density at radius 3 is 2.76 bits per heavy atom. The molecule has 1 saturated heterocycles. The number of rotatable bonds is 6. The van der Waals surface area contributed by atoms with Crippen LogP contribution in [0.4, 0.5) is 0 Å². The van der Waals surface area contributed by atoms with E-state index in [0.717, 1.165) is 37.2 Å². The number of H-pyrrole nitrogens is 1. The summed E-state index contributed by atoms with van der Waals surface area (Å²) in [6.07, 6.45) is 8.55. The lowest BCUT2D eigenvalue weighted by molar-refractivity contribution is -0.00546. The lowest BCUT2D eigenvalue weighted by Crippen LogP contribution is -2.37. The molecule has 2 aliphatic carbocycles. The van der Waals surface area contributed by atoms with Gasteiger partial charge in [-0.1, -0.05) is 5.21 Å². The molecule has 9 heteroatoms. The van der Waals surface area contributed by atoms with E-state index in [1.165, 1.54) is 20.0 Å². The number of methoxy groups -OCH3 is 2. The molecule has 0 aromatic carbocycles. The van der Waals surface area contributed by atoms with Gasteiger partial charge in [-0.3, -0.25) is 10.00 Å². The maximum Gasteiger partial charge on any atom is 0.356 e. The van der Waals surface area contributed by atoms with Crippen molar-refractivity contribution in [1.29, 1.82) is 0 Å². The van der Waals surface area contributed by atoms with Crippen molar-refractivity contribution in [3.63, 3.8) is 0 Å². The van der Waals surface area contributed by atoms with E-state index in [1.807, 2.05) is 4.68 Å². The normalized spacial score (nSPS) is 29.7. The van der Waals surface area contributed by atoms with Crippen molar-refractivity contribution in [3.05, 3.63) is 29.3 Å². The van der Waals surface area contributed by atoms with Crippen LogP contribution < -0.4 is 0 Å². The third-order valence-corrected chi connectivity index (χ3v) is 6.83. The molecule has 4 atom stereocenters. The molecule has 0 unspecified atom stereocenters. The summed E-state index contributed by atoms with van der Waals surface area (Å²) >= 11 is 0. The molecule has 3 heterocycles. The summed E-state index contributed by atoms with van der Waals surface area (Å²) in [5.41, 5.74) is 2.47. The van der Waals surface area contributed by atoms with Gasteiger partial charge in [-0.05, 0) is 37.5 Å². The summed E-state index contributed by atoms with van der Waals surface area (Å²) in [7, 11) is 3.19. The van der Waals surface area contributed by atoms with E-state index >= 15 is 0 Å². The zero-order valence-corrected chi connectivity index (χ0v) is 17.0. The number of aromatic amines is 1. The molecule has 0 spiro atoms. The van der Waals surface area contributed by atoms with Gasteiger partial charge in [0.2, 0.25) is 0 Å². The zero-order chi connectivity index (χ0) is 20.0. The maximum absolute atomic E-state index is 11.9. The summed E-state index contributed by atoms with van der Waals surface area (Å²) in [6, 6.07) is 0.237. The van der Waals surface area contributed by atoms with Gasteiger partial charge < -0.3 is 9.47 Å². The molecule has 0 radical (unpaired) electrons. The van der Waals surface area contributed by atoms with Crippen LogP contribution in [0.3, 0.4) is 0 Å². The number of nitrogens with one attached hydrogen (secondary N) is 1. The summed E-state index contributed by atoms with van der Waals surface area (Å²) in [6.45, 7) is 2.71. The lowest BCUT2D eigenvalue weighted by atomic mass is 9.77. The topological polar surface area (TPSA) is 98.2 Å². The number of carbonyl (C=O) groups excluding carboxylic acids is 1. The van der Waals surface area contributed by atoms with Gasteiger partial charge in [0.25, 0.3) is 0 Å². The molecule has 156 valence electrons. The van der Waals surface area contributed by atoms with Gasteiger partial charge in [-0.25, -0.2) is 9.48 Å². The first-order valence-corrected chi connectivity index (χ1v) is 10.4. The van der Waals surface area contributed by atoms with Gasteiger partial charge >= 0.3 is 5.97 Å². The van der Waals surface area contributed by atoms with Crippen LogP contribution in [0.2, 0.25) is 0 Å². The first-order chi connectivity index (χ1) is 14.2. The van der Waals surface area contributed by atoms with E-state index in [9.17, 15) is 4.79 Å². The summed E-state index contributed by atoms with van der Waals surface area (Å²) < 4.78 is 12.8. The van der Waals surface area contributed by atoms with Gasteiger partial charge in [0.1, 0.15) is 5.69 Å². The lowest BCUT2D eigenvalue weighted by Gasteiger charge is -2.37. The fourth-order valence-electron chi connectivity index (χ4n) is 5.12. The number of fused-ring (bicyclic) bond motifs is 1. The Balaban J connectivity index is 1.27. The van der Waals surface area contributed by atoms with Crippen LogP contribution in [0.5, 0.6) is 0 Å². The van der Waals surface area contributed by atoms with Crippen LogP contribution in [0.1, 0.15) is 59.4 Å². The molecule has 2 saturated carbocycles. The standard InChI is InChI=1S/C20H28N6O3/c1-28-18-6-14-9-25(10-15-7-21-23-19(15)20(27)29-2)8-13(14)5-17(18)26-11-16(22-24-26)12-3-4-12/h7,11-14,17-18H,3-6,8-10H2,1-2H3,(H,21,23)/t13-,14+,17-,18-/m1/s1. The number of ether oxygens (including phenoxy) is 2. The minimum atomic E-state index is -0.369. The van der Waals surface area contributed by atoms with Gasteiger partial charge in [0.15, 0.2) is 0 Å². The Kier molecular flexibility index (Phi) is 4.87. The number of hydrogen-bond acceptors (Lipinski definition) is 7. The Labute approximate surface area is 169 Å². The SMILES string of the molecule is COC(=O)c1[nH]ncc1CN1C[C@H]2C[C@@H](n3cc(C4CC4)nn3)[C@H](OC)C[C@H]2C1. The Morgan fingerprint density at radius 1 is 1.24 bits per heavy atom. The minimum absolute atomic E-state index is 0.157. The second-order valence-corrected chi connectivity index (χ2v) is 8.69. The third kappa shape index (κ3) is 3.57. The zero-order valence-electron chi connectivity index (χ0n) is 17.0. The van der Waals surface area contributed by atoms with E-state index in [2.05, 4.69) is 31.6 Å². The van der Waals surface area contributed by atoms with E-state index in [0.29, 0.717) is 30.0 Å². The quantitative estimate of drug-likeness (QED) is 0.738. The fourth-order valence-corrected chi connectivity index (χ4v) is 5.12. The molecule has 5 rings (SSSR count). The molecule has 3 fully saturated rings. The molecule has 29 heavy (non-hydrogen) atoms. The molecular weight excluding hydrogens is 372 g/mol. The summed E-state index contributed by atoms with van der Waals surface area (Å²) in [5, 5.41) is 15.6. The summed E-state index contributed by atoms with van der Waals surface area (Å²) in [5.74, 6) is 1.43. The number of hydrogen-bond donors (Lipinski definition) is 1. The number of nitrogens with zero attached hydrogens (tertiary/aromatic N) is 5. The predicted octanol–water partition coefficient (Wildman–Crippen LogP) is 1.76. The van der Waals surface area contributed by atoms with E-state index in [-0.39, 0.29) is 18.1 Å². The first kappa shape index (κ1) is 18.7. The molecule has 2 aromatic heterocycles. The van der Waals surface area contributed by atoms with Gasteiger partial charge in [0, 0.05) is 44.4 Å². The van der Waals surface area contributed by atoms with E-state index in [4.69, 9.17) is 9.47 Å². The average molecular weight is 400 g/mol. The van der Waals surface area contributed by atoms with Crippen molar-refractivity contribution in [2.24, 2.45) is 11.8 Å². The van der Waals surface area contributed by atoms with E-state index < -0.39 is 0 Å². The van der Waals surface area contributed by atoms with Crippen LogP contribution in [-0.2, 0) is 16.0 Å². The van der Waals surface area contributed by atoms with Crippen LogP contribution >= 0.6 is 0 Å². The number of carbonyl (C=O) groups is 1. The molecule has 2 aromatic rings. The highest BCUT2D eigenvalue weighted by molar-refractivity contribution is 5.88. The minimum Gasteiger partial charge on any atom is -0.464 e. The van der Waals surface area contributed by atoms with Crippen molar-refractivity contribution < 1.29 is 14.3 Å². The fraction of sp³-hybridized carbons (Fsp3) is 0.700. The van der Waals surface area contributed by atoms with Crippen LogP contribution in [0.15, 0.2) is 12.4 Å². The van der Waals surface area contributed by atoms with Gasteiger partial charge in [-0.2, -0.15) is 5.10 Å². The molecular formula is C20H28N6O3. The highest BCUT2D eigenvalue weighted by atomic mass is 16.5. The van der Waals surface area contributed by atoms with Crippen molar-refractivity contribution >= 4 is 5.97 Å². The van der Waals surface area contributed by atoms with Crippen molar-refractivity contribution in [2.75, 3.05) is 27.3 Å². The molecule has 1 aliphatic heterocycles.